The largest absolute Gasteiger partial charge is 0.396 e. The van der Waals surface area contributed by atoms with Crippen molar-refractivity contribution >= 4 is 5.69 Å². The highest BCUT2D eigenvalue weighted by Gasteiger charge is 2.08. The Morgan fingerprint density at radius 2 is 1.72 bits per heavy atom. The molecule has 0 aliphatic rings. The number of nitrogens with two attached hydrogens (primary N) is 1. The van der Waals surface area contributed by atoms with Crippen LogP contribution in [0.5, 0.6) is 0 Å². The van der Waals surface area contributed by atoms with Gasteiger partial charge in [0.05, 0.1) is 18.1 Å². The highest BCUT2D eigenvalue weighted by molar-refractivity contribution is 5.53. The molecule has 7 nitrogen and oxygen atoms in total. The average molecular weight is 239 g/mol. The molecule has 0 radical (unpaired) electrons. The van der Waals surface area contributed by atoms with E-state index in [1.54, 1.807) is 0 Å². The summed E-state index contributed by atoms with van der Waals surface area (Å²) in [5, 5.41) is 12.1. The Bertz CT molecular complexity index is 645. The first-order chi connectivity index (χ1) is 8.83. The van der Waals surface area contributed by atoms with Gasteiger partial charge in [0.25, 0.3) is 5.95 Å². The number of hydrogen-bond donors (Lipinski definition) is 1. The topological polar surface area (TPSA) is 95.4 Å². The fourth-order valence-corrected chi connectivity index (χ4v) is 1.44. The molecule has 0 fully saturated rings. The minimum Gasteiger partial charge on any atom is -0.396 e. The molecular weight excluding hydrogens is 230 g/mol. The van der Waals surface area contributed by atoms with Gasteiger partial charge in [-0.1, -0.05) is 35.1 Å². The predicted octanol–water partition coefficient (Wildman–Crippen LogP) is 0.701. The molecule has 1 aromatic carbocycles. The number of aromatic nitrogens is 6. The van der Waals surface area contributed by atoms with Crippen LogP contribution >= 0.6 is 0 Å². The quantitative estimate of drug-likeness (QED) is 0.707. The molecule has 2 N–H and O–H groups in total. The first-order valence-electron chi connectivity index (χ1n) is 5.26. The second-order valence-corrected chi connectivity index (χ2v) is 3.58. The van der Waals surface area contributed by atoms with Crippen LogP contribution in [0.3, 0.4) is 0 Å². The van der Waals surface area contributed by atoms with Gasteiger partial charge in [-0.25, -0.2) is 9.97 Å². The van der Waals surface area contributed by atoms with Crippen LogP contribution < -0.4 is 5.73 Å². The third-order valence-electron chi connectivity index (χ3n) is 2.28. The van der Waals surface area contributed by atoms with Crippen molar-refractivity contribution in [1.82, 2.24) is 30.2 Å². The molecule has 0 bridgehead atoms. The molecule has 3 aromatic rings. The van der Waals surface area contributed by atoms with Crippen molar-refractivity contribution in [2.24, 2.45) is 0 Å². The molecule has 3 rings (SSSR count). The maximum absolute atomic E-state index is 5.51. The van der Waals surface area contributed by atoms with E-state index in [2.05, 4.69) is 25.4 Å². The van der Waals surface area contributed by atoms with E-state index in [9.17, 15) is 0 Å². The summed E-state index contributed by atoms with van der Waals surface area (Å²) in [5.41, 5.74) is 6.89. The summed E-state index contributed by atoms with van der Waals surface area (Å²) >= 11 is 0. The van der Waals surface area contributed by atoms with E-state index in [1.807, 2.05) is 30.3 Å². The van der Waals surface area contributed by atoms with Crippen LogP contribution in [0.2, 0.25) is 0 Å². The van der Waals surface area contributed by atoms with Crippen molar-refractivity contribution < 1.29 is 0 Å². The summed E-state index contributed by atoms with van der Waals surface area (Å²) in [5.74, 6) is 0.856. The fraction of sp³-hybridized carbons (Fsp3) is 0. The zero-order valence-electron chi connectivity index (χ0n) is 9.30. The summed E-state index contributed by atoms with van der Waals surface area (Å²) in [6, 6.07) is 9.57. The maximum Gasteiger partial charge on any atom is 0.270 e. The van der Waals surface area contributed by atoms with Gasteiger partial charge in [-0.3, -0.25) is 0 Å². The SMILES string of the molecule is Nc1cnc(-n2nnc(-c3ccccc3)n2)nc1. The summed E-state index contributed by atoms with van der Waals surface area (Å²) in [6.45, 7) is 0. The average Bonchev–Trinajstić information content (AvgIpc) is 2.90. The van der Waals surface area contributed by atoms with Crippen LogP contribution in [0.4, 0.5) is 5.69 Å². The molecule has 18 heavy (non-hydrogen) atoms. The Balaban J connectivity index is 1.97. The first kappa shape index (κ1) is 10.3. The van der Waals surface area contributed by atoms with Gasteiger partial charge in [-0.05, 0) is 5.21 Å². The van der Waals surface area contributed by atoms with Crippen LogP contribution in [0.1, 0.15) is 0 Å². The molecule has 88 valence electrons. The molecule has 2 aromatic heterocycles. The maximum atomic E-state index is 5.51. The van der Waals surface area contributed by atoms with Crippen LogP contribution in [0.25, 0.3) is 17.3 Å². The summed E-state index contributed by atoms with van der Waals surface area (Å²) in [7, 11) is 0. The van der Waals surface area contributed by atoms with Gasteiger partial charge >= 0.3 is 0 Å². The molecule has 7 heteroatoms. The van der Waals surface area contributed by atoms with E-state index in [-0.39, 0.29) is 0 Å². The Hall–Kier alpha value is -2.83. The summed E-state index contributed by atoms with van der Waals surface area (Å²) < 4.78 is 0. The van der Waals surface area contributed by atoms with Gasteiger partial charge in [0, 0.05) is 5.56 Å². The predicted molar refractivity (Wildman–Crippen MR) is 64.6 cm³/mol. The minimum atomic E-state index is 0.332. The van der Waals surface area contributed by atoms with E-state index in [1.165, 1.54) is 17.2 Å². The number of tetrazole rings is 1. The number of anilines is 1. The number of rotatable bonds is 2. The fourth-order valence-electron chi connectivity index (χ4n) is 1.44. The third kappa shape index (κ3) is 1.88. The zero-order chi connectivity index (χ0) is 12.4. The van der Waals surface area contributed by atoms with Crippen molar-refractivity contribution in [2.45, 2.75) is 0 Å². The van der Waals surface area contributed by atoms with E-state index in [0.29, 0.717) is 17.5 Å². The van der Waals surface area contributed by atoms with Crippen molar-refractivity contribution in [3.8, 4) is 17.3 Å². The standard InChI is InChI=1S/C11H9N7/c12-9-6-13-11(14-7-9)18-16-10(15-17-18)8-4-2-1-3-5-8/h1-7H,12H2. The molecule has 2 heterocycles. The normalized spacial score (nSPS) is 10.4. The first-order valence-corrected chi connectivity index (χ1v) is 5.26. The lowest BCUT2D eigenvalue weighted by molar-refractivity contribution is 0.678. The molecule has 0 atom stereocenters. The third-order valence-corrected chi connectivity index (χ3v) is 2.28. The summed E-state index contributed by atoms with van der Waals surface area (Å²) in [4.78, 5) is 9.30. The van der Waals surface area contributed by atoms with E-state index >= 15 is 0 Å². The van der Waals surface area contributed by atoms with Gasteiger partial charge in [0.2, 0.25) is 5.82 Å². The molecule has 0 unspecified atom stereocenters. The van der Waals surface area contributed by atoms with Crippen molar-refractivity contribution in [2.75, 3.05) is 5.73 Å². The second-order valence-electron chi connectivity index (χ2n) is 3.58. The molecule has 0 aliphatic heterocycles. The van der Waals surface area contributed by atoms with Gasteiger partial charge in [0.15, 0.2) is 0 Å². The lowest BCUT2D eigenvalue weighted by atomic mass is 10.2. The lowest BCUT2D eigenvalue weighted by Crippen LogP contribution is -2.05. The highest BCUT2D eigenvalue weighted by Crippen LogP contribution is 2.12. The Labute approximate surface area is 102 Å². The van der Waals surface area contributed by atoms with Crippen molar-refractivity contribution in [3.05, 3.63) is 42.7 Å². The molecule has 0 amide bonds. The van der Waals surface area contributed by atoms with Gasteiger partial charge in [0.1, 0.15) is 0 Å². The lowest BCUT2D eigenvalue weighted by Gasteiger charge is -1.95. The highest BCUT2D eigenvalue weighted by atomic mass is 15.6. The van der Waals surface area contributed by atoms with Crippen LogP contribution in [-0.4, -0.2) is 30.2 Å². The summed E-state index contributed by atoms with van der Waals surface area (Å²) in [6.07, 6.45) is 2.99. The minimum absolute atomic E-state index is 0.332. The van der Waals surface area contributed by atoms with Gasteiger partial charge in [-0.15, -0.1) is 10.2 Å². The molecule has 0 spiro atoms. The number of nitrogen functional groups attached to an aromatic ring is 1. The van der Waals surface area contributed by atoms with E-state index in [4.69, 9.17) is 5.73 Å². The Morgan fingerprint density at radius 1 is 1.00 bits per heavy atom. The van der Waals surface area contributed by atoms with Gasteiger partial charge in [-0.2, -0.15) is 0 Å². The second kappa shape index (κ2) is 4.21. The smallest absolute Gasteiger partial charge is 0.270 e. The van der Waals surface area contributed by atoms with E-state index in [0.717, 1.165) is 5.56 Å². The Morgan fingerprint density at radius 3 is 2.44 bits per heavy atom. The van der Waals surface area contributed by atoms with E-state index < -0.39 is 0 Å². The molecule has 0 aliphatic carbocycles. The molecular formula is C11H9N7. The van der Waals surface area contributed by atoms with Gasteiger partial charge < -0.3 is 5.73 Å². The van der Waals surface area contributed by atoms with Crippen molar-refractivity contribution in [3.63, 3.8) is 0 Å². The molecule has 0 saturated carbocycles. The number of nitrogens with zero attached hydrogens (tertiary/aromatic N) is 6. The monoisotopic (exact) mass is 239 g/mol. The van der Waals surface area contributed by atoms with Crippen LogP contribution in [0.15, 0.2) is 42.7 Å². The zero-order valence-corrected chi connectivity index (χ0v) is 9.30. The number of hydrogen-bond acceptors (Lipinski definition) is 6. The van der Waals surface area contributed by atoms with Crippen molar-refractivity contribution in [1.29, 1.82) is 0 Å². The van der Waals surface area contributed by atoms with Crippen LogP contribution in [-0.2, 0) is 0 Å². The molecule has 0 saturated heterocycles. The Kier molecular flexibility index (Phi) is 2.41. The van der Waals surface area contributed by atoms with Crippen LogP contribution in [0, 0.1) is 0 Å². The number of benzene rings is 1.